The molecule has 0 saturated heterocycles. The molecule has 0 amide bonds. The van der Waals surface area contributed by atoms with E-state index >= 15 is 0 Å². The zero-order valence-corrected chi connectivity index (χ0v) is 11.1. The summed E-state index contributed by atoms with van der Waals surface area (Å²) in [6, 6.07) is 0. The van der Waals surface area contributed by atoms with Gasteiger partial charge in [0.15, 0.2) is 0 Å². The summed E-state index contributed by atoms with van der Waals surface area (Å²) < 4.78 is 0. The highest BCUT2D eigenvalue weighted by Gasteiger charge is 2.10. The van der Waals surface area contributed by atoms with Crippen molar-refractivity contribution >= 4 is 0 Å². The molecule has 0 aromatic carbocycles. The topological polar surface area (TPSA) is 86.4 Å². The molecule has 100 valence electrons. The zero-order valence-electron chi connectivity index (χ0n) is 11.1. The second kappa shape index (κ2) is 6.87. The lowest BCUT2D eigenvalue weighted by Crippen LogP contribution is -2.15. The van der Waals surface area contributed by atoms with E-state index in [4.69, 9.17) is 9.68 Å². The van der Waals surface area contributed by atoms with E-state index in [1.54, 1.807) is 0 Å². The lowest BCUT2D eigenvalue weighted by molar-refractivity contribution is -0.114. The fraction of sp³-hybridized carbons (Fsp3) is 1.00. The number of nitrogens with zero attached hydrogens (tertiary/aromatic N) is 4. The van der Waals surface area contributed by atoms with E-state index in [0.29, 0.717) is 0 Å². The average molecular weight is 248 g/mol. The van der Waals surface area contributed by atoms with E-state index in [-0.39, 0.29) is 6.79 Å². The van der Waals surface area contributed by atoms with Crippen molar-refractivity contribution in [2.75, 3.05) is 6.79 Å². The van der Waals surface area contributed by atoms with Crippen LogP contribution in [0.1, 0.15) is 41.5 Å². The van der Waals surface area contributed by atoms with E-state index in [9.17, 15) is 0 Å². The Kier molecular flexibility index (Phi) is 6.22. The Morgan fingerprint density at radius 1 is 0.647 bits per heavy atom. The minimum absolute atomic E-state index is 0.228. The SMILES string of the molecule is CC(C)(C)O/N=N/OCO/N=N/OC(C)(C)C. The second-order valence-electron chi connectivity index (χ2n) is 5.11. The predicted octanol–water partition coefficient (Wildman–Crippen LogP) is 3.17. The fourth-order valence-electron chi connectivity index (χ4n) is 0.396. The monoisotopic (exact) mass is 248 g/mol. The highest BCUT2D eigenvalue weighted by atomic mass is 16.8. The number of hydrogen-bond donors (Lipinski definition) is 0. The van der Waals surface area contributed by atoms with E-state index < -0.39 is 11.2 Å². The highest BCUT2D eigenvalue weighted by molar-refractivity contribution is 4.55. The zero-order chi connectivity index (χ0) is 13.4. The van der Waals surface area contributed by atoms with Crippen LogP contribution in [0.3, 0.4) is 0 Å². The van der Waals surface area contributed by atoms with Gasteiger partial charge < -0.3 is 19.4 Å². The van der Waals surface area contributed by atoms with Crippen molar-refractivity contribution in [1.82, 2.24) is 0 Å². The third-order valence-corrected chi connectivity index (χ3v) is 0.917. The average Bonchev–Trinajstić information content (AvgIpc) is 2.11. The maximum atomic E-state index is 4.90. The van der Waals surface area contributed by atoms with Gasteiger partial charge in [0.25, 0.3) is 6.79 Å². The molecule has 0 rings (SSSR count). The quantitative estimate of drug-likeness (QED) is 0.312. The van der Waals surface area contributed by atoms with Crippen LogP contribution in [0.15, 0.2) is 21.1 Å². The number of hydrogen-bond acceptors (Lipinski definition) is 8. The molecule has 0 N–H and O–H groups in total. The van der Waals surface area contributed by atoms with Crippen LogP contribution in [0.25, 0.3) is 0 Å². The van der Waals surface area contributed by atoms with Crippen molar-refractivity contribution in [3.63, 3.8) is 0 Å². The smallest absolute Gasteiger partial charge is 0.284 e. The third kappa shape index (κ3) is 14.4. The van der Waals surface area contributed by atoms with Gasteiger partial charge in [0.05, 0.1) is 21.1 Å². The molecule has 0 saturated carbocycles. The molecule has 8 heteroatoms. The Morgan fingerprint density at radius 3 is 1.29 bits per heavy atom. The molecule has 0 fully saturated rings. The molecule has 0 aliphatic carbocycles. The van der Waals surface area contributed by atoms with Gasteiger partial charge in [-0.2, -0.15) is 0 Å². The van der Waals surface area contributed by atoms with Crippen molar-refractivity contribution in [3.05, 3.63) is 0 Å². The molecule has 0 spiro atoms. The molecule has 0 atom stereocenters. The van der Waals surface area contributed by atoms with Gasteiger partial charge in [0, 0.05) is 0 Å². The van der Waals surface area contributed by atoms with Gasteiger partial charge in [-0.05, 0) is 41.5 Å². The molecule has 17 heavy (non-hydrogen) atoms. The summed E-state index contributed by atoms with van der Waals surface area (Å²) in [5.74, 6) is 0. The van der Waals surface area contributed by atoms with Gasteiger partial charge in [0.2, 0.25) is 0 Å². The summed E-state index contributed by atoms with van der Waals surface area (Å²) in [5.41, 5.74) is -0.818. The fourth-order valence-corrected chi connectivity index (χ4v) is 0.396. The summed E-state index contributed by atoms with van der Waals surface area (Å²) in [6.45, 7) is 10.8. The summed E-state index contributed by atoms with van der Waals surface area (Å²) in [7, 11) is 0. The van der Waals surface area contributed by atoms with E-state index in [1.807, 2.05) is 41.5 Å². The minimum Gasteiger partial charge on any atom is -0.371 e. The van der Waals surface area contributed by atoms with Crippen LogP contribution in [-0.2, 0) is 19.4 Å². The van der Waals surface area contributed by atoms with Crippen molar-refractivity contribution in [1.29, 1.82) is 0 Å². The molecule has 0 heterocycles. The molecular weight excluding hydrogens is 228 g/mol. The lowest BCUT2D eigenvalue weighted by atomic mass is 10.2. The van der Waals surface area contributed by atoms with Crippen LogP contribution in [0, 0.1) is 0 Å². The van der Waals surface area contributed by atoms with E-state index in [0.717, 1.165) is 0 Å². The lowest BCUT2D eigenvalue weighted by Gasteiger charge is -2.13. The Morgan fingerprint density at radius 2 is 1.00 bits per heavy atom. The van der Waals surface area contributed by atoms with Crippen LogP contribution in [0.2, 0.25) is 0 Å². The molecule has 0 aromatic heterocycles. The summed E-state index contributed by atoms with van der Waals surface area (Å²) in [4.78, 5) is 18.9. The molecule has 0 aromatic rings. The van der Waals surface area contributed by atoms with Gasteiger partial charge in [-0.3, -0.25) is 0 Å². The molecule has 0 radical (unpaired) electrons. The Bertz CT molecular complexity index is 229. The largest absolute Gasteiger partial charge is 0.371 e. The van der Waals surface area contributed by atoms with Crippen molar-refractivity contribution in [2.24, 2.45) is 21.1 Å². The molecule has 0 bridgehead atoms. The minimum atomic E-state index is -0.409. The normalized spacial score (nSPS) is 13.1. The van der Waals surface area contributed by atoms with Gasteiger partial charge in [-0.1, -0.05) is 0 Å². The van der Waals surface area contributed by atoms with Crippen LogP contribution >= 0.6 is 0 Å². The highest BCUT2D eigenvalue weighted by Crippen LogP contribution is 2.07. The molecule has 0 unspecified atom stereocenters. The van der Waals surface area contributed by atoms with Gasteiger partial charge in [-0.15, -0.1) is 0 Å². The van der Waals surface area contributed by atoms with Crippen LogP contribution < -0.4 is 0 Å². The van der Waals surface area contributed by atoms with Crippen molar-refractivity contribution in [2.45, 2.75) is 52.7 Å². The van der Waals surface area contributed by atoms with Crippen molar-refractivity contribution < 1.29 is 19.4 Å². The molecule has 0 aliphatic heterocycles. The Balaban J connectivity index is 3.47. The first-order chi connectivity index (χ1) is 7.71. The molecular formula is C9H20N4O4. The number of rotatable bonds is 6. The van der Waals surface area contributed by atoms with Crippen LogP contribution in [0.5, 0.6) is 0 Å². The first-order valence-corrected chi connectivity index (χ1v) is 5.12. The van der Waals surface area contributed by atoms with Crippen molar-refractivity contribution in [3.8, 4) is 0 Å². The van der Waals surface area contributed by atoms with Crippen LogP contribution in [0.4, 0.5) is 0 Å². The van der Waals surface area contributed by atoms with Gasteiger partial charge in [-0.25, -0.2) is 0 Å². The Hall–Kier alpha value is -1.60. The molecule has 0 aliphatic rings. The third-order valence-electron chi connectivity index (χ3n) is 0.917. The maximum absolute atomic E-state index is 4.90. The summed E-state index contributed by atoms with van der Waals surface area (Å²) in [6.07, 6.45) is 0. The standard InChI is InChI=1S/C9H20N4O4/c1-8(2,3)16-12-10-14-7-15-11-13-17-9(4,5)6/h7H2,1-6H3/b12-10+,13-11+. The predicted molar refractivity (Wildman–Crippen MR) is 58.4 cm³/mol. The van der Waals surface area contributed by atoms with Gasteiger partial charge >= 0.3 is 0 Å². The van der Waals surface area contributed by atoms with E-state index in [2.05, 4.69) is 30.8 Å². The summed E-state index contributed by atoms with van der Waals surface area (Å²) >= 11 is 0. The second-order valence-corrected chi connectivity index (χ2v) is 5.11. The van der Waals surface area contributed by atoms with Crippen LogP contribution in [-0.4, -0.2) is 18.0 Å². The molecule has 8 nitrogen and oxygen atoms in total. The maximum Gasteiger partial charge on any atom is 0.284 e. The first kappa shape index (κ1) is 15.4. The van der Waals surface area contributed by atoms with Gasteiger partial charge in [0.1, 0.15) is 11.2 Å². The summed E-state index contributed by atoms with van der Waals surface area (Å²) in [5, 5.41) is 13.1. The van der Waals surface area contributed by atoms with E-state index in [1.165, 1.54) is 0 Å². The first-order valence-electron chi connectivity index (χ1n) is 5.12. The Labute approximate surface area is 101 Å².